The molecule has 3 heteroatoms. The maximum atomic E-state index is 13.0. The molecule has 1 rings (SSSR count). The maximum Gasteiger partial charge on any atom is 0.166 e. The van der Waals surface area contributed by atoms with Crippen LogP contribution < -0.4 is 4.74 Å². The van der Waals surface area contributed by atoms with E-state index in [1.807, 2.05) is 13.8 Å². The molecule has 2 nitrogen and oxygen atoms in total. The summed E-state index contributed by atoms with van der Waals surface area (Å²) in [5.74, 6) is -0.0636. The summed E-state index contributed by atoms with van der Waals surface area (Å²) in [6.07, 6.45) is 0.316. The molecule has 0 saturated heterocycles. The number of carbonyl (C=O) groups is 1. The van der Waals surface area contributed by atoms with Crippen molar-refractivity contribution in [1.29, 1.82) is 0 Å². The zero-order chi connectivity index (χ0) is 11.4. The van der Waals surface area contributed by atoms with Gasteiger partial charge in [0, 0.05) is 6.42 Å². The third kappa shape index (κ3) is 3.05. The van der Waals surface area contributed by atoms with E-state index in [1.54, 1.807) is 6.92 Å². The Morgan fingerprint density at radius 1 is 1.47 bits per heavy atom. The van der Waals surface area contributed by atoms with Crippen LogP contribution in [0.5, 0.6) is 5.75 Å². The van der Waals surface area contributed by atoms with E-state index in [9.17, 15) is 9.18 Å². The van der Waals surface area contributed by atoms with E-state index in [0.717, 1.165) is 0 Å². The van der Waals surface area contributed by atoms with Crippen LogP contribution in [0.3, 0.4) is 0 Å². The minimum absolute atomic E-state index is 0.0288. The first kappa shape index (κ1) is 11.7. The van der Waals surface area contributed by atoms with Gasteiger partial charge in [-0.05, 0) is 32.0 Å². The van der Waals surface area contributed by atoms with Crippen molar-refractivity contribution in [3.63, 3.8) is 0 Å². The molecule has 0 amide bonds. The second-order valence-electron chi connectivity index (χ2n) is 3.58. The number of hydrogen-bond donors (Lipinski definition) is 0. The van der Waals surface area contributed by atoms with Gasteiger partial charge in [0.1, 0.15) is 11.6 Å². The first-order valence-corrected chi connectivity index (χ1v) is 5.04. The van der Waals surface area contributed by atoms with Crippen molar-refractivity contribution in [3.05, 3.63) is 29.6 Å². The molecule has 0 aliphatic rings. The molecule has 0 unspecified atom stereocenters. The Balaban J connectivity index is 3.08. The molecule has 0 spiro atoms. The number of ether oxygens (including phenoxy) is 1. The van der Waals surface area contributed by atoms with Gasteiger partial charge in [-0.3, -0.25) is 4.79 Å². The molecule has 0 atom stereocenters. The van der Waals surface area contributed by atoms with Gasteiger partial charge < -0.3 is 4.74 Å². The van der Waals surface area contributed by atoms with Gasteiger partial charge in [0.25, 0.3) is 0 Å². The van der Waals surface area contributed by atoms with Crippen molar-refractivity contribution in [2.45, 2.75) is 33.3 Å². The van der Waals surface area contributed by atoms with E-state index in [1.165, 1.54) is 18.2 Å². The van der Waals surface area contributed by atoms with Crippen LogP contribution in [0.2, 0.25) is 0 Å². The topological polar surface area (TPSA) is 26.3 Å². The normalized spacial score (nSPS) is 10.5. The van der Waals surface area contributed by atoms with Crippen LogP contribution in [-0.4, -0.2) is 11.9 Å². The van der Waals surface area contributed by atoms with Crippen molar-refractivity contribution >= 4 is 5.78 Å². The van der Waals surface area contributed by atoms with E-state index in [2.05, 4.69) is 0 Å². The van der Waals surface area contributed by atoms with Gasteiger partial charge in [0.2, 0.25) is 0 Å². The lowest BCUT2D eigenvalue weighted by Crippen LogP contribution is -2.10. The smallest absolute Gasteiger partial charge is 0.166 e. The Labute approximate surface area is 89.1 Å². The Bertz CT molecular complexity index is 359. The highest BCUT2D eigenvalue weighted by atomic mass is 19.1. The standard InChI is InChI=1S/C12H15FO2/c1-4-11(14)10-7-9(13)5-6-12(10)15-8(2)3/h5-8H,4H2,1-3H3. The van der Waals surface area contributed by atoms with E-state index in [4.69, 9.17) is 4.74 Å². The number of halogens is 1. The fourth-order valence-corrected chi connectivity index (χ4v) is 1.27. The average molecular weight is 210 g/mol. The molecular formula is C12H15FO2. The molecule has 0 N–H and O–H groups in total. The zero-order valence-electron chi connectivity index (χ0n) is 9.21. The summed E-state index contributed by atoms with van der Waals surface area (Å²) in [6, 6.07) is 4.02. The number of ketones is 1. The molecule has 82 valence electrons. The molecule has 0 aliphatic carbocycles. The summed E-state index contributed by atoms with van der Waals surface area (Å²) in [5, 5.41) is 0. The lowest BCUT2D eigenvalue weighted by molar-refractivity contribution is 0.0982. The monoisotopic (exact) mass is 210 g/mol. The molecule has 0 saturated carbocycles. The minimum atomic E-state index is -0.414. The third-order valence-electron chi connectivity index (χ3n) is 1.93. The highest BCUT2D eigenvalue weighted by Crippen LogP contribution is 2.22. The fraction of sp³-hybridized carbons (Fsp3) is 0.417. The molecular weight excluding hydrogens is 195 g/mol. The molecule has 0 bridgehead atoms. The first-order chi connectivity index (χ1) is 7.04. The van der Waals surface area contributed by atoms with Gasteiger partial charge in [-0.1, -0.05) is 6.92 Å². The van der Waals surface area contributed by atoms with Crippen LogP contribution in [0.25, 0.3) is 0 Å². The van der Waals surface area contributed by atoms with Crippen LogP contribution in [0, 0.1) is 5.82 Å². The van der Waals surface area contributed by atoms with Gasteiger partial charge >= 0.3 is 0 Å². The van der Waals surface area contributed by atoms with Gasteiger partial charge in [-0.2, -0.15) is 0 Å². The Morgan fingerprint density at radius 3 is 2.67 bits per heavy atom. The van der Waals surface area contributed by atoms with Gasteiger partial charge in [-0.15, -0.1) is 0 Å². The largest absolute Gasteiger partial charge is 0.490 e. The maximum absolute atomic E-state index is 13.0. The van der Waals surface area contributed by atoms with E-state index >= 15 is 0 Å². The van der Waals surface area contributed by atoms with Crippen molar-refractivity contribution in [2.24, 2.45) is 0 Å². The fourth-order valence-electron chi connectivity index (χ4n) is 1.27. The minimum Gasteiger partial charge on any atom is -0.490 e. The Morgan fingerprint density at radius 2 is 2.13 bits per heavy atom. The van der Waals surface area contributed by atoms with Crippen molar-refractivity contribution in [2.75, 3.05) is 0 Å². The van der Waals surface area contributed by atoms with Crippen LogP contribution in [-0.2, 0) is 0 Å². The third-order valence-corrected chi connectivity index (χ3v) is 1.93. The van der Waals surface area contributed by atoms with Crippen molar-refractivity contribution in [1.82, 2.24) is 0 Å². The van der Waals surface area contributed by atoms with Crippen LogP contribution >= 0.6 is 0 Å². The first-order valence-electron chi connectivity index (χ1n) is 5.04. The molecule has 1 aromatic rings. The lowest BCUT2D eigenvalue weighted by Gasteiger charge is -2.13. The van der Waals surface area contributed by atoms with Crippen molar-refractivity contribution in [3.8, 4) is 5.75 Å². The van der Waals surface area contributed by atoms with Crippen LogP contribution in [0.4, 0.5) is 4.39 Å². The average Bonchev–Trinajstić information content (AvgIpc) is 2.19. The highest BCUT2D eigenvalue weighted by Gasteiger charge is 2.12. The molecule has 0 heterocycles. The quantitative estimate of drug-likeness (QED) is 0.713. The zero-order valence-corrected chi connectivity index (χ0v) is 9.21. The predicted octanol–water partition coefficient (Wildman–Crippen LogP) is 3.21. The Hall–Kier alpha value is -1.38. The van der Waals surface area contributed by atoms with E-state index < -0.39 is 5.82 Å². The number of benzene rings is 1. The second-order valence-corrected chi connectivity index (χ2v) is 3.58. The molecule has 1 aromatic carbocycles. The summed E-state index contributed by atoms with van der Waals surface area (Å²) in [6.45, 7) is 5.47. The van der Waals surface area contributed by atoms with Crippen LogP contribution in [0.15, 0.2) is 18.2 Å². The molecule has 0 aliphatic heterocycles. The molecule has 15 heavy (non-hydrogen) atoms. The Kier molecular flexibility index (Phi) is 3.83. The van der Waals surface area contributed by atoms with Gasteiger partial charge in [0.15, 0.2) is 5.78 Å². The number of carbonyl (C=O) groups excluding carboxylic acids is 1. The summed E-state index contributed by atoms with van der Waals surface area (Å²) >= 11 is 0. The molecule has 0 aromatic heterocycles. The summed E-state index contributed by atoms with van der Waals surface area (Å²) in [4.78, 5) is 11.5. The summed E-state index contributed by atoms with van der Waals surface area (Å²) in [7, 11) is 0. The van der Waals surface area contributed by atoms with Gasteiger partial charge in [-0.25, -0.2) is 4.39 Å². The number of hydrogen-bond acceptors (Lipinski definition) is 2. The molecule has 0 fully saturated rings. The van der Waals surface area contributed by atoms with Gasteiger partial charge in [0.05, 0.1) is 11.7 Å². The van der Waals surface area contributed by atoms with E-state index in [-0.39, 0.29) is 11.9 Å². The predicted molar refractivity (Wildman–Crippen MR) is 56.8 cm³/mol. The van der Waals surface area contributed by atoms with E-state index in [0.29, 0.717) is 17.7 Å². The number of rotatable bonds is 4. The highest BCUT2D eigenvalue weighted by molar-refractivity contribution is 5.98. The summed E-state index contributed by atoms with van der Waals surface area (Å²) in [5.41, 5.74) is 0.325. The SMILES string of the molecule is CCC(=O)c1cc(F)ccc1OC(C)C. The summed E-state index contributed by atoms with van der Waals surface area (Å²) < 4.78 is 18.4. The van der Waals surface area contributed by atoms with Crippen LogP contribution in [0.1, 0.15) is 37.6 Å². The number of Topliss-reactive ketones (excluding diaryl/α,β-unsaturated/α-hetero) is 1. The van der Waals surface area contributed by atoms with Crippen molar-refractivity contribution < 1.29 is 13.9 Å². The molecule has 0 radical (unpaired) electrons. The second kappa shape index (κ2) is 4.91. The lowest BCUT2D eigenvalue weighted by atomic mass is 10.1.